The van der Waals surface area contributed by atoms with E-state index in [1.54, 1.807) is 6.92 Å². The lowest BCUT2D eigenvalue weighted by Gasteiger charge is -2.16. The van der Waals surface area contributed by atoms with Crippen LogP contribution in [0, 0.1) is 6.92 Å². The van der Waals surface area contributed by atoms with E-state index in [4.69, 9.17) is 4.74 Å². The molecule has 106 valence electrons. The molecule has 1 fully saturated rings. The molecule has 1 saturated heterocycles. The first-order valence-electron chi connectivity index (χ1n) is 6.50. The number of nitrogens with zero attached hydrogens (tertiary/aromatic N) is 1. The summed E-state index contributed by atoms with van der Waals surface area (Å²) in [5, 5.41) is 0. The molecule has 0 amide bonds. The average Bonchev–Trinajstić information content (AvgIpc) is 2.83. The van der Waals surface area contributed by atoms with Gasteiger partial charge in [-0.1, -0.05) is 6.07 Å². The van der Waals surface area contributed by atoms with Gasteiger partial charge in [-0.05, 0) is 50.6 Å². The van der Waals surface area contributed by atoms with E-state index >= 15 is 0 Å². The second-order valence-corrected chi connectivity index (χ2v) is 4.88. The zero-order chi connectivity index (χ0) is 13.9. The van der Waals surface area contributed by atoms with Crippen molar-refractivity contribution in [1.82, 2.24) is 4.90 Å². The quantitative estimate of drug-likeness (QED) is 0.832. The molecule has 0 bridgehead atoms. The number of aryl methyl sites for hydroxylation is 1. The van der Waals surface area contributed by atoms with Crippen molar-refractivity contribution in [1.29, 1.82) is 0 Å². The molecule has 1 aliphatic rings. The van der Waals surface area contributed by atoms with E-state index in [9.17, 15) is 13.2 Å². The van der Waals surface area contributed by atoms with E-state index in [2.05, 4.69) is 4.90 Å². The summed E-state index contributed by atoms with van der Waals surface area (Å²) in [5.74, 6) is 0.328. The minimum Gasteiger partial charge on any atom is -0.492 e. The first-order chi connectivity index (χ1) is 8.97. The second-order valence-electron chi connectivity index (χ2n) is 4.88. The number of rotatable bonds is 4. The summed E-state index contributed by atoms with van der Waals surface area (Å²) in [6, 6.07) is 3.62. The van der Waals surface area contributed by atoms with Crippen LogP contribution >= 0.6 is 0 Å². The van der Waals surface area contributed by atoms with E-state index in [0.717, 1.165) is 37.3 Å². The summed E-state index contributed by atoms with van der Waals surface area (Å²) in [7, 11) is 0. The molecule has 0 aromatic heterocycles. The second kappa shape index (κ2) is 5.82. The van der Waals surface area contributed by atoms with Gasteiger partial charge in [-0.3, -0.25) is 4.90 Å². The predicted octanol–water partition coefficient (Wildman–Crippen LogP) is 3.49. The molecule has 2 rings (SSSR count). The molecule has 2 nitrogen and oxygen atoms in total. The minimum atomic E-state index is -4.32. The highest BCUT2D eigenvalue weighted by Crippen LogP contribution is 2.32. The molecule has 0 N–H and O–H groups in total. The molecule has 0 spiro atoms. The molecule has 5 heteroatoms. The van der Waals surface area contributed by atoms with Crippen LogP contribution in [0.3, 0.4) is 0 Å². The number of benzene rings is 1. The number of ether oxygens (including phenoxy) is 1. The zero-order valence-electron chi connectivity index (χ0n) is 11.0. The third kappa shape index (κ3) is 3.86. The standard InChI is InChI=1S/C14H18F3NO/c1-11-4-5-12(14(15,16)17)10-13(11)19-9-8-18-6-2-3-7-18/h4-5,10H,2-3,6-9H2,1H3. The molecule has 19 heavy (non-hydrogen) atoms. The van der Waals surface area contributed by atoms with E-state index in [1.165, 1.54) is 18.9 Å². The third-order valence-electron chi connectivity index (χ3n) is 3.38. The molecule has 0 atom stereocenters. The van der Waals surface area contributed by atoms with Gasteiger partial charge in [0.2, 0.25) is 0 Å². The topological polar surface area (TPSA) is 12.5 Å². The summed E-state index contributed by atoms with van der Waals surface area (Å²) >= 11 is 0. The maximum Gasteiger partial charge on any atom is 0.416 e. The molecular weight excluding hydrogens is 255 g/mol. The normalized spacial score (nSPS) is 16.8. The summed E-state index contributed by atoms with van der Waals surface area (Å²) < 4.78 is 43.3. The van der Waals surface area contributed by atoms with Gasteiger partial charge < -0.3 is 4.74 Å². The molecule has 0 aliphatic carbocycles. The van der Waals surface area contributed by atoms with Gasteiger partial charge in [0.05, 0.1) is 5.56 Å². The minimum absolute atomic E-state index is 0.328. The molecule has 1 aromatic carbocycles. The van der Waals surface area contributed by atoms with Crippen LogP contribution in [0.1, 0.15) is 24.0 Å². The van der Waals surface area contributed by atoms with Crippen LogP contribution in [0.5, 0.6) is 5.75 Å². The van der Waals surface area contributed by atoms with Crippen LogP contribution in [0.4, 0.5) is 13.2 Å². The van der Waals surface area contributed by atoms with Crippen LogP contribution in [-0.2, 0) is 6.18 Å². The van der Waals surface area contributed by atoms with E-state index in [0.29, 0.717) is 12.4 Å². The van der Waals surface area contributed by atoms with Crippen LogP contribution in [0.15, 0.2) is 18.2 Å². The van der Waals surface area contributed by atoms with Gasteiger partial charge in [-0.2, -0.15) is 13.2 Å². The number of hydrogen-bond donors (Lipinski definition) is 0. The van der Waals surface area contributed by atoms with E-state index in [-0.39, 0.29) is 0 Å². The number of hydrogen-bond acceptors (Lipinski definition) is 2. The average molecular weight is 273 g/mol. The van der Waals surface area contributed by atoms with Gasteiger partial charge in [-0.15, -0.1) is 0 Å². The van der Waals surface area contributed by atoms with Gasteiger partial charge in [0.15, 0.2) is 0 Å². The lowest BCUT2D eigenvalue weighted by Crippen LogP contribution is -2.25. The molecule has 1 aliphatic heterocycles. The van der Waals surface area contributed by atoms with Crippen molar-refractivity contribution < 1.29 is 17.9 Å². The van der Waals surface area contributed by atoms with E-state index in [1.807, 2.05) is 0 Å². The summed E-state index contributed by atoms with van der Waals surface area (Å²) in [6.07, 6.45) is -1.92. The predicted molar refractivity (Wildman–Crippen MR) is 67.4 cm³/mol. The van der Waals surface area contributed by atoms with Crippen LogP contribution in [0.2, 0.25) is 0 Å². The third-order valence-corrected chi connectivity index (χ3v) is 3.38. The van der Waals surface area contributed by atoms with Crippen molar-refractivity contribution in [2.75, 3.05) is 26.2 Å². The summed E-state index contributed by atoms with van der Waals surface area (Å²) in [6.45, 7) is 5.08. The van der Waals surface area contributed by atoms with Crippen LogP contribution in [-0.4, -0.2) is 31.1 Å². The fraction of sp³-hybridized carbons (Fsp3) is 0.571. The Hall–Kier alpha value is -1.23. The Balaban J connectivity index is 1.94. The van der Waals surface area contributed by atoms with Gasteiger partial charge in [-0.25, -0.2) is 0 Å². The van der Waals surface area contributed by atoms with Crippen LogP contribution < -0.4 is 4.74 Å². The van der Waals surface area contributed by atoms with Crippen LogP contribution in [0.25, 0.3) is 0 Å². The van der Waals surface area contributed by atoms with Crippen molar-refractivity contribution in [3.05, 3.63) is 29.3 Å². The highest BCUT2D eigenvalue weighted by atomic mass is 19.4. The zero-order valence-corrected chi connectivity index (χ0v) is 11.0. The van der Waals surface area contributed by atoms with Crippen molar-refractivity contribution in [2.24, 2.45) is 0 Å². The Kier molecular flexibility index (Phi) is 4.34. The van der Waals surface area contributed by atoms with Crippen molar-refractivity contribution >= 4 is 0 Å². The summed E-state index contributed by atoms with van der Waals surface area (Å²) in [5.41, 5.74) is 0.0729. The molecule has 1 heterocycles. The largest absolute Gasteiger partial charge is 0.492 e. The van der Waals surface area contributed by atoms with Crippen molar-refractivity contribution in [3.8, 4) is 5.75 Å². The highest BCUT2D eigenvalue weighted by Gasteiger charge is 2.31. The molecule has 0 saturated carbocycles. The maximum atomic E-state index is 12.6. The lowest BCUT2D eigenvalue weighted by molar-refractivity contribution is -0.137. The number of halogens is 3. The highest BCUT2D eigenvalue weighted by molar-refractivity contribution is 5.37. The van der Waals surface area contributed by atoms with Gasteiger partial charge in [0.25, 0.3) is 0 Å². The molecule has 1 aromatic rings. The van der Waals surface area contributed by atoms with Crippen molar-refractivity contribution in [3.63, 3.8) is 0 Å². The fourth-order valence-corrected chi connectivity index (χ4v) is 2.22. The lowest BCUT2D eigenvalue weighted by atomic mass is 10.1. The van der Waals surface area contributed by atoms with Gasteiger partial charge in [0.1, 0.15) is 12.4 Å². The van der Waals surface area contributed by atoms with Crippen molar-refractivity contribution in [2.45, 2.75) is 25.9 Å². The number of alkyl halides is 3. The Bertz CT molecular complexity index is 425. The molecular formula is C14H18F3NO. The Morgan fingerprint density at radius 1 is 1.21 bits per heavy atom. The van der Waals surface area contributed by atoms with Gasteiger partial charge in [0, 0.05) is 6.54 Å². The van der Waals surface area contributed by atoms with E-state index < -0.39 is 11.7 Å². The number of likely N-dealkylation sites (tertiary alicyclic amines) is 1. The summed E-state index contributed by atoms with van der Waals surface area (Å²) in [4.78, 5) is 2.27. The first-order valence-corrected chi connectivity index (χ1v) is 6.50. The monoisotopic (exact) mass is 273 g/mol. The Morgan fingerprint density at radius 3 is 2.53 bits per heavy atom. The SMILES string of the molecule is Cc1ccc(C(F)(F)F)cc1OCCN1CCCC1. The maximum absolute atomic E-state index is 12.6. The van der Waals surface area contributed by atoms with Gasteiger partial charge >= 0.3 is 6.18 Å². The Morgan fingerprint density at radius 2 is 1.89 bits per heavy atom. The first kappa shape index (κ1) is 14.2. The fourth-order valence-electron chi connectivity index (χ4n) is 2.22. The smallest absolute Gasteiger partial charge is 0.416 e. The molecule has 0 radical (unpaired) electrons. The Labute approximate surface area is 111 Å². The molecule has 0 unspecified atom stereocenters.